The summed E-state index contributed by atoms with van der Waals surface area (Å²) in [6.07, 6.45) is 8.54. The minimum atomic E-state index is -0.216. The number of ether oxygens (including phenoxy) is 1. The van der Waals surface area contributed by atoms with Gasteiger partial charge >= 0.3 is 0 Å². The van der Waals surface area contributed by atoms with Crippen LogP contribution in [0.15, 0.2) is 60.9 Å². The molecule has 5 rings (SSSR count). The third-order valence-electron chi connectivity index (χ3n) is 7.68. The van der Waals surface area contributed by atoms with E-state index in [1.807, 2.05) is 12.3 Å². The lowest BCUT2D eigenvalue weighted by Gasteiger charge is -2.29. The molecular formula is C30H36N4O2. The van der Waals surface area contributed by atoms with E-state index in [4.69, 9.17) is 10.6 Å². The molecule has 1 aromatic heterocycles. The summed E-state index contributed by atoms with van der Waals surface area (Å²) in [5.41, 5.74) is 7.37. The number of pyridine rings is 1. The van der Waals surface area contributed by atoms with Crippen LogP contribution >= 0.6 is 0 Å². The standard InChI is InChI=1S/C30H36N4O2/c1-21-11-12-23(15-22(21)2)20-36-29-10-6-9-28(29)34(31)30(35)26-16-25(18-32-19-26)24-7-5-8-27(17-24)33-13-3-4-14-33/h5,7-8,11-12,15-19,28-29H,3-4,6,9-10,13-14,20,31H2,1-2H3/t28-,29-/m0/s1. The molecule has 1 saturated heterocycles. The Bertz CT molecular complexity index is 1220. The first-order valence-electron chi connectivity index (χ1n) is 13.1. The van der Waals surface area contributed by atoms with E-state index in [2.05, 4.69) is 66.2 Å². The smallest absolute Gasteiger partial charge is 0.269 e. The fourth-order valence-electron chi connectivity index (χ4n) is 5.39. The zero-order valence-corrected chi connectivity index (χ0v) is 21.3. The first kappa shape index (κ1) is 24.5. The van der Waals surface area contributed by atoms with Gasteiger partial charge in [0.1, 0.15) is 0 Å². The molecule has 36 heavy (non-hydrogen) atoms. The number of benzene rings is 2. The van der Waals surface area contributed by atoms with Gasteiger partial charge in [-0.15, -0.1) is 0 Å². The van der Waals surface area contributed by atoms with Gasteiger partial charge in [0.05, 0.1) is 24.3 Å². The molecule has 0 unspecified atom stereocenters. The monoisotopic (exact) mass is 484 g/mol. The average molecular weight is 485 g/mol. The number of amides is 1. The molecule has 6 heteroatoms. The van der Waals surface area contributed by atoms with Crippen molar-refractivity contribution in [2.75, 3.05) is 18.0 Å². The summed E-state index contributed by atoms with van der Waals surface area (Å²) in [7, 11) is 0. The van der Waals surface area contributed by atoms with Gasteiger partial charge in [0.15, 0.2) is 0 Å². The van der Waals surface area contributed by atoms with E-state index < -0.39 is 0 Å². The molecule has 0 radical (unpaired) electrons. The Labute approximate surface area is 214 Å². The molecule has 2 fully saturated rings. The van der Waals surface area contributed by atoms with Crippen LogP contribution in [-0.4, -0.2) is 41.1 Å². The highest BCUT2D eigenvalue weighted by Crippen LogP contribution is 2.29. The van der Waals surface area contributed by atoms with Crippen molar-refractivity contribution < 1.29 is 9.53 Å². The molecule has 2 heterocycles. The summed E-state index contributed by atoms with van der Waals surface area (Å²) in [6, 6.07) is 16.6. The highest BCUT2D eigenvalue weighted by molar-refractivity contribution is 5.95. The van der Waals surface area contributed by atoms with Gasteiger partial charge in [0, 0.05) is 36.7 Å². The van der Waals surface area contributed by atoms with Gasteiger partial charge in [-0.25, -0.2) is 5.84 Å². The zero-order valence-electron chi connectivity index (χ0n) is 21.3. The summed E-state index contributed by atoms with van der Waals surface area (Å²) in [4.78, 5) is 20.2. The Morgan fingerprint density at radius 1 is 1.00 bits per heavy atom. The molecule has 2 atom stereocenters. The van der Waals surface area contributed by atoms with Gasteiger partial charge in [-0.3, -0.25) is 14.8 Å². The second kappa shape index (κ2) is 10.8. The van der Waals surface area contributed by atoms with Gasteiger partial charge in [-0.1, -0.05) is 30.3 Å². The van der Waals surface area contributed by atoms with Crippen molar-refractivity contribution in [3.8, 4) is 11.1 Å². The number of anilines is 1. The summed E-state index contributed by atoms with van der Waals surface area (Å²) < 4.78 is 6.26. The van der Waals surface area contributed by atoms with E-state index >= 15 is 0 Å². The number of nitrogens with zero attached hydrogens (tertiary/aromatic N) is 3. The highest BCUT2D eigenvalue weighted by Gasteiger charge is 2.34. The van der Waals surface area contributed by atoms with Gasteiger partial charge in [-0.05, 0) is 86.4 Å². The van der Waals surface area contributed by atoms with Crippen LogP contribution in [0.2, 0.25) is 0 Å². The van der Waals surface area contributed by atoms with E-state index in [0.29, 0.717) is 12.2 Å². The van der Waals surface area contributed by atoms with Crippen LogP contribution in [0.3, 0.4) is 0 Å². The Kier molecular flexibility index (Phi) is 7.35. The van der Waals surface area contributed by atoms with Gasteiger partial charge in [-0.2, -0.15) is 0 Å². The molecule has 2 aromatic carbocycles. The molecular weight excluding hydrogens is 448 g/mol. The van der Waals surface area contributed by atoms with Crippen LogP contribution in [0.25, 0.3) is 11.1 Å². The second-order valence-corrected chi connectivity index (χ2v) is 10.2. The van der Waals surface area contributed by atoms with Crippen LogP contribution in [-0.2, 0) is 11.3 Å². The fourth-order valence-corrected chi connectivity index (χ4v) is 5.39. The molecule has 1 amide bonds. The topological polar surface area (TPSA) is 71.7 Å². The highest BCUT2D eigenvalue weighted by atomic mass is 16.5. The Hall–Kier alpha value is -3.22. The predicted molar refractivity (Wildman–Crippen MR) is 144 cm³/mol. The third kappa shape index (κ3) is 5.30. The number of hydrazine groups is 1. The lowest BCUT2D eigenvalue weighted by atomic mass is 10.0. The molecule has 0 bridgehead atoms. The maximum absolute atomic E-state index is 13.4. The number of rotatable bonds is 7. The molecule has 188 valence electrons. The van der Waals surface area contributed by atoms with E-state index in [-0.39, 0.29) is 18.1 Å². The van der Waals surface area contributed by atoms with E-state index in [0.717, 1.165) is 49.0 Å². The fraction of sp³-hybridized carbons (Fsp3) is 0.400. The SMILES string of the molecule is Cc1ccc(CO[C@H]2CCC[C@@H]2N(N)C(=O)c2cncc(-c3cccc(N4CCCC4)c3)c2)cc1C. The van der Waals surface area contributed by atoms with E-state index in [1.165, 1.54) is 34.7 Å². The maximum Gasteiger partial charge on any atom is 0.269 e. The van der Waals surface area contributed by atoms with Crippen molar-refractivity contribution in [1.82, 2.24) is 9.99 Å². The van der Waals surface area contributed by atoms with Crippen LogP contribution in [0.4, 0.5) is 5.69 Å². The Morgan fingerprint density at radius 3 is 2.64 bits per heavy atom. The van der Waals surface area contributed by atoms with Crippen molar-refractivity contribution in [2.24, 2.45) is 5.84 Å². The largest absolute Gasteiger partial charge is 0.372 e. The van der Waals surface area contributed by atoms with Crippen molar-refractivity contribution in [3.05, 3.63) is 83.2 Å². The maximum atomic E-state index is 13.4. The van der Waals surface area contributed by atoms with E-state index in [1.54, 1.807) is 6.20 Å². The van der Waals surface area contributed by atoms with Crippen molar-refractivity contribution in [3.63, 3.8) is 0 Å². The van der Waals surface area contributed by atoms with Crippen molar-refractivity contribution >= 4 is 11.6 Å². The van der Waals surface area contributed by atoms with Crippen LogP contribution in [0, 0.1) is 13.8 Å². The average Bonchev–Trinajstić information content (AvgIpc) is 3.61. The first-order chi connectivity index (χ1) is 17.5. The van der Waals surface area contributed by atoms with Crippen LogP contribution < -0.4 is 10.7 Å². The van der Waals surface area contributed by atoms with Gasteiger partial charge < -0.3 is 9.64 Å². The van der Waals surface area contributed by atoms with E-state index in [9.17, 15) is 4.79 Å². The van der Waals surface area contributed by atoms with Crippen molar-refractivity contribution in [1.29, 1.82) is 0 Å². The summed E-state index contributed by atoms with van der Waals surface area (Å²) in [5, 5.41) is 1.37. The van der Waals surface area contributed by atoms with Crippen LogP contribution in [0.1, 0.15) is 59.2 Å². The molecule has 3 aromatic rings. The van der Waals surface area contributed by atoms with Gasteiger partial charge in [0.2, 0.25) is 0 Å². The second-order valence-electron chi connectivity index (χ2n) is 10.2. The molecule has 1 aliphatic carbocycles. The normalized spacial score (nSPS) is 19.6. The Morgan fingerprint density at radius 2 is 1.83 bits per heavy atom. The summed E-state index contributed by atoms with van der Waals surface area (Å²) in [5.74, 6) is 6.21. The number of aromatic nitrogens is 1. The predicted octanol–water partition coefficient (Wildman–Crippen LogP) is 5.42. The summed E-state index contributed by atoms with van der Waals surface area (Å²) in [6.45, 7) is 6.93. The molecule has 2 aliphatic rings. The lowest BCUT2D eigenvalue weighted by molar-refractivity contribution is -0.00534. The number of carbonyl (C=O) groups excluding carboxylic acids is 1. The molecule has 1 aliphatic heterocycles. The van der Waals surface area contributed by atoms with Crippen LogP contribution in [0.5, 0.6) is 0 Å². The third-order valence-corrected chi connectivity index (χ3v) is 7.68. The number of nitrogens with two attached hydrogens (primary N) is 1. The number of hydrogen-bond acceptors (Lipinski definition) is 5. The quantitative estimate of drug-likeness (QED) is 0.275. The minimum absolute atomic E-state index is 0.0751. The number of aryl methyl sites for hydroxylation is 2. The number of hydrogen-bond donors (Lipinski definition) is 1. The van der Waals surface area contributed by atoms with Crippen molar-refractivity contribution in [2.45, 2.75) is 64.7 Å². The molecule has 2 N–H and O–H groups in total. The van der Waals surface area contributed by atoms with Gasteiger partial charge in [0.25, 0.3) is 5.91 Å². The minimum Gasteiger partial charge on any atom is -0.372 e. The summed E-state index contributed by atoms with van der Waals surface area (Å²) >= 11 is 0. The number of carbonyl (C=O) groups is 1. The lowest BCUT2D eigenvalue weighted by Crippen LogP contribution is -2.49. The molecule has 6 nitrogen and oxygen atoms in total. The molecule has 0 spiro atoms. The molecule has 1 saturated carbocycles. The zero-order chi connectivity index (χ0) is 25.1. The Balaban J connectivity index is 1.28. The first-order valence-corrected chi connectivity index (χ1v) is 13.1.